The van der Waals surface area contributed by atoms with E-state index in [4.69, 9.17) is 5.73 Å². The minimum absolute atomic E-state index is 0.0522. The molecule has 114 valence electrons. The Morgan fingerprint density at radius 1 is 1.14 bits per heavy atom. The number of anilines is 1. The second kappa shape index (κ2) is 6.62. The predicted molar refractivity (Wildman–Crippen MR) is 73.6 cm³/mol. The Kier molecular flexibility index (Phi) is 4.85. The first-order valence-corrected chi connectivity index (χ1v) is 6.47. The molecule has 1 aromatic heterocycles. The van der Waals surface area contributed by atoms with Gasteiger partial charge >= 0.3 is 6.18 Å². The van der Waals surface area contributed by atoms with Gasteiger partial charge in [0.1, 0.15) is 6.61 Å². The Morgan fingerprint density at radius 3 is 2.52 bits per heavy atom. The highest BCUT2D eigenvalue weighted by Crippen LogP contribution is 2.19. The molecule has 2 rings (SSSR count). The van der Waals surface area contributed by atoms with Crippen molar-refractivity contribution in [3.05, 3.63) is 36.7 Å². The first kappa shape index (κ1) is 15.4. The predicted octanol–water partition coefficient (Wildman–Crippen LogP) is 3.10. The van der Waals surface area contributed by atoms with E-state index < -0.39 is 12.8 Å². The van der Waals surface area contributed by atoms with Crippen LogP contribution in [0.1, 0.15) is 6.42 Å². The van der Waals surface area contributed by atoms with E-state index in [1.165, 1.54) is 0 Å². The zero-order chi connectivity index (χ0) is 15.3. The van der Waals surface area contributed by atoms with Crippen molar-refractivity contribution < 1.29 is 17.9 Å². The molecule has 4 nitrogen and oxygen atoms in total. The van der Waals surface area contributed by atoms with Gasteiger partial charge in [-0.3, -0.25) is 4.68 Å². The van der Waals surface area contributed by atoms with Crippen molar-refractivity contribution >= 4 is 5.69 Å². The molecule has 0 amide bonds. The topological polar surface area (TPSA) is 53.1 Å². The lowest BCUT2D eigenvalue weighted by Gasteiger charge is -2.07. The SMILES string of the molecule is Nc1ccc(-c2cnn(CCCOCC(F)(F)F)c2)cc1. The monoisotopic (exact) mass is 299 g/mol. The van der Waals surface area contributed by atoms with Gasteiger partial charge in [0.05, 0.1) is 6.20 Å². The fourth-order valence-corrected chi connectivity index (χ4v) is 1.83. The Morgan fingerprint density at radius 2 is 1.86 bits per heavy atom. The number of nitrogen functional groups attached to an aromatic ring is 1. The van der Waals surface area contributed by atoms with Gasteiger partial charge in [-0.25, -0.2) is 0 Å². The summed E-state index contributed by atoms with van der Waals surface area (Å²) in [6, 6.07) is 7.39. The highest BCUT2D eigenvalue weighted by atomic mass is 19.4. The average Bonchev–Trinajstić information content (AvgIpc) is 2.87. The Hall–Kier alpha value is -2.02. The number of halogens is 3. The van der Waals surface area contributed by atoms with Gasteiger partial charge in [-0.1, -0.05) is 12.1 Å². The van der Waals surface area contributed by atoms with Crippen molar-refractivity contribution in [2.45, 2.75) is 19.1 Å². The summed E-state index contributed by atoms with van der Waals surface area (Å²) in [5, 5.41) is 4.17. The van der Waals surface area contributed by atoms with Crippen LogP contribution >= 0.6 is 0 Å². The molecule has 0 bridgehead atoms. The van der Waals surface area contributed by atoms with Crippen molar-refractivity contribution in [2.24, 2.45) is 0 Å². The van der Waals surface area contributed by atoms with Gasteiger partial charge < -0.3 is 10.5 Å². The molecule has 7 heteroatoms. The number of hydrogen-bond donors (Lipinski definition) is 1. The minimum Gasteiger partial charge on any atom is -0.399 e. The number of alkyl halides is 3. The third-order valence-corrected chi connectivity index (χ3v) is 2.82. The van der Waals surface area contributed by atoms with Crippen LogP contribution in [0.4, 0.5) is 18.9 Å². The Labute approximate surface area is 120 Å². The van der Waals surface area contributed by atoms with E-state index in [1.807, 2.05) is 18.3 Å². The molecule has 21 heavy (non-hydrogen) atoms. The zero-order valence-corrected chi connectivity index (χ0v) is 11.3. The molecular weight excluding hydrogens is 283 g/mol. The number of aromatic nitrogens is 2. The van der Waals surface area contributed by atoms with Crippen LogP contribution in [0.3, 0.4) is 0 Å². The number of benzene rings is 1. The molecule has 1 aromatic carbocycles. The number of nitrogens with zero attached hydrogens (tertiary/aromatic N) is 2. The van der Waals surface area contributed by atoms with Gasteiger partial charge in [0.2, 0.25) is 0 Å². The summed E-state index contributed by atoms with van der Waals surface area (Å²) < 4.78 is 41.8. The number of rotatable bonds is 6. The lowest BCUT2D eigenvalue weighted by atomic mass is 10.1. The summed E-state index contributed by atoms with van der Waals surface area (Å²) in [5.41, 5.74) is 8.23. The van der Waals surface area contributed by atoms with E-state index in [1.54, 1.807) is 23.0 Å². The van der Waals surface area contributed by atoms with Crippen molar-refractivity contribution in [3.8, 4) is 11.1 Å². The van der Waals surface area contributed by atoms with Crippen molar-refractivity contribution in [1.29, 1.82) is 0 Å². The first-order valence-electron chi connectivity index (χ1n) is 6.47. The van der Waals surface area contributed by atoms with Gasteiger partial charge in [-0.05, 0) is 24.1 Å². The third-order valence-electron chi connectivity index (χ3n) is 2.82. The summed E-state index contributed by atoms with van der Waals surface area (Å²) in [7, 11) is 0. The van der Waals surface area contributed by atoms with Gasteiger partial charge in [-0.2, -0.15) is 18.3 Å². The highest BCUT2D eigenvalue weighted by molar-refractivity contribution is 5.63. The van der Waals surface area contributed by atoms with E-state index >= 15 is 0 Å². The lowest BCUT2D eigenvalue weighted by Crippen LogP contribution is -2.17. The van der Waals surface area contributed by atoms with E-state index in [0.717, 1.165) is 11.1 Å². The quantitative estimate of drug-likeness (QED) is 0.658. The first-order chi connectivity index (χ1) is 9.94. The second-order valence-corrected chi connectivity index (χ2v) is 4.64. The molecule has 0 saturated carbocycles. The van der Waals surface area contributed by atoms with Crippen LogP contribution in [-0.4, -0.2) is 29.2 Å². The van der Waals surface area contributed by atoms with Gasteiger partial charge in [0.15, 0.2) is 0 Å². The molecule has 2 aromatic rings. The van der Waals surface area contributed by atoms with Gasteiger partial charge in [-0.15, -0.1) is 0 Å². The minimum atomic E-state index is -4.27. The zero-order valence-electron chi connectivity index (χ0n) is 11.3. The Bertz CT molecular complexity index is 564. The number of ether oxygens (including phenoxy) is 1. The molecule has 0 radical (unpaired) electrons. The van der Waals surface area contributed by atoms with E-state index in [9.17, 15) is 13.2 Å². The van der Waals surface area contributed by atoms with Crippen LogP contribution in [0.15, 0.2) is 36.7 Å². The Balaban J connectivity index is 1.79. The molecular formula is C14H16F3N3O. The highest BCUT2D eigenvalue weighted by Gasteiger charge is 2.27. The average molecular weight is 299 g/mol. The molecule has 1 heterocycles. The molecule has 0 fully saturated rings. The van der Waals surface area contributed by atoms with Crippen LogP contribution in [0, 0.1) is 0 Å². The second-order valence-electron chi connectivity index (χ2n) is 4.64. The number of nitrogens with two attached hydrogens (primary N) is 1. The van der Waals surface area contributed by atoms with Crippen LogP contribution in [0.25, 0.3) is 11.1 Å². The standard InChI is InChI=1S/C14H16F3N3O/c15-14(16,17)10-21-7-1-6-20-9-12(8-19-20)11-2-4-13(18)5-3-11/h2-5,8-9H,1,6-7,10,18H2. The molecule has 0 spiro atoms. The normalized spacial score (nSPS) is 11.8. The fourth-order valence-electron chi connectivity index (χ4n) is 1.83. The van der Waals surface area contributed by atoms with Crippen LogP contribution in [-0.2, 0) is 11.3 Å². The fraction of sp³-hybridized carbons (Fsp3) is 0.357. The van der Waals surface area contributed by atoms with E-state index in [2.05, 4.69) is 9.84 Å². The van der Waals surface area contributed by atoms with Crippen molar-refractivity contribution in [3.63, 3.8) is 0 Å². The van der Waals surface area contributed by atoms with Crippen LogP contribution < -0.4 is 5.73 Å². The molecule has 0 unspecified atom stereocenters. The third kappa shape index (κ3) is 5.11. The number of hydrogen-bond acceptors (Lipinski definition) is 3. The summed E-state index contributed by atoms with van der Waals surface area (Å²) in [6.45, 7) is -0.647. The molecule has 0 saturated heterocycles. The lowest BCUT2D eigenvalue weighted by molar-refractivity contribution is -0.174. The smallest absolute Gasteiger partial charge is 0.399 e. The summed E-state index contributed by atoms with van der Waals surface area (Å²) in [5.74, 6) is 0. The van der Waals surface area contributed by atoms with E-state index in [-0.39, 0.29) is 6.61 Å². The molecule has 2 N–H and O–H groups in total. The van der Waals surface area contributed by atoms with Crippen LogP contribution in [0.5, 0.6) is 0 Å². The molecule has 0 aliphatic carbocycles. The largest absolute Gasteiger partial charge is 0.411 e. The molecule has 0 aliphatic heterocycles. The maximum atomic E-state index is 11.9. The van der Waals surface area contributed by atoms with E-state index in [0.29, 0.717) is 18.7 Å². The van der Waals surface area contributed by atoms with Crippen molar-refractivity contribution in [1.82, 2.24) is 9.78 Å². The summed E-state index contributed by atoms with van der Waals surface area (Å²) in [6.07, 6.45) is -0.246. The summed E-state index contributed by atoms with van der Waals surface area (Å²) in [4.78, 5) is 0. The maximum absolute atomic E-state index is 11.9. The molecule has 0 aliphatic rings. The maximum Gasteiger partial charge on any atom is 0.411 e. The van der Waals surface area contributed by atoms with Crippen molar-refractivity contribution in [2.75, 3.05) is 18.9 Å². The summed E-state index contributed by atoms with van der Waals surface area (Å²) >= 11 is 0. The van der Waals surface area contributed by atoms with Gasteiger partial charge in [0, 0.05) is 30.6 Å². The molecule has 0 atom stereocenters. The van der Waals surface area contributed by atoms with Gasteiger partial charge in [0.25, 0.3) is 0 Å². The van der Waals surface area contributed by atoms with Crippen LogP contribution in [0.2, 0.25) is 0 Å². The number of aryl methyl sites for hydroxylation is 1.